The van der Waals surface area contributed by atoms with Gasteiger partial charge in [-0.1, -0.05) is 16.8 Å². The van der Waals surface area contributed by atoms with Crippen molar-refractivity contribution in [3.8, 4) is 28.1 Å². The molecule has 0 unspecified atom stereocenters. The van der Waals surface area contributed by atoms with E-state index in [1.54, 1.807) is 37.7 Å². The number of aromatic nitrogens is 3. The molecule has 0 aliphatic carbocycles. The Morgan fingerprint density at radius 3 is 2.71 bits per heavy atom. The highest BCUT2D eigenvalue weighted by molar-refractivity contribution is 6.31. The molecule has 106 valence electrons. The first-order chi connectivity index (χ1) is 10.2. The third-order valence-corrected chi connectivity index (χ3v) is 3.22. The zero-order valence-electron chi connectivity index (χ0n) is 11.1. The molecule has 0 amide bonds. The molecule has 0 fully saturated rings. The second kappa shape index (κ2) is 5.41. The Labute approximate surface area is 125 Å². The molecule has 0 saturated heterocycles. The molecule has 0 bridgehead atoms. The SMILES string of the molecule is COc1ccc(Cl)cc1-c1c(-c2cncnc2)noc1N. The Hall–Kier alpha value is -2.60. The topological polar surface area (TPSA) is 87.1 Å². The Kier molecular flexibility index (Phi) is 3.45. The highest BCUT2D eigenvalue weighted by Gasteiger charge is 2.21. The molecule has 2 N–H and O–H groups in total. The van der Waals surface area contributed by atoms with Crippen molar-refractivity contribution < 1.29 is 9.26 Å². The van der Waals surface area contributed by atoms with Gasteiger partial charge in [0, 0.05) is 28.5 Å². The van der Waals surface area contributed by atoms with Gasteiger partial charge in [-0.3, -0.25) is 0 Å². The van der Waals surface area contributed by atoms with Gasteiger partial charge in [-0.2, -0.15) is 0 Å². The first-order valence-corrected chi connectivity index (χ1v) is 6.43. The van der Waals surface area contributed by atoms with Crippen LogP contribution in [0.4, 0.5) is 5.88 Å². The number of hydrogen-bond donors (Lipinski definition) is 1. The molecule has 3 rings (SSSR count). The fourth-order valence-corrected chi connectivity index (χ4v) is 2.23. The normalized spacial score (nSPS) is 10.6. The molecule has 6 nitrogen and oxygen atoms in total. The number of methoxy groups -OCH3 is 1. The van der Waals surface area contributed by atoms with Crippen molar-refractivity contribution in [2.45, 2.75) is 0 Å². The van der Waals surface area contributed by atoms with E-state index in [9.17, 15) is 0 Å². The van der Waals surface area contributed by atoms with Crippen LogP contribution in [-0.4, -0.2) is 22.2 Å². The maximum atomic E-state index is 6.07. The van der Waals surface area contributed by atoms with Crippen LogP contribution in [0.25, 0.3) is 22.4 Å². The van der Waals surface area contributed by atoms with Gasteiger partial charge >= 0.3 is 0 Å². The lowest BCUT2D eigenvalue weighted by atomic mass is 10.0. The Bertz CT molecular complexity index is 774. The highest BCUT2D eigenvalue weighted by atomic mass is 35.5. The summed E-state index contributed by atoms with van der Waals surface area (Å²) in [5.41, 5.74) is 8.44. The van der Waals surface area contributed by atoms with E-state index in [0.717, 1.165) is 0 Å². The quantitative estimate of drug-likeness (QED) is 0.800. The first kappa shape index (κ1) is 13.4. The number of hydrogen-bond acceptors (Lipinski definition) is 6. The Morgan fingerprint density at radius 2 is 2.00 bits per heavy atom. The van der Waals surface area contributed by atoms with Gasteiger partial charge in [-0.15, -0.1) is 0 Å². The van der Waals surface area contributed by atoms with Crippen molar-refractivity contribution in [2.75, 3.05) is 12.8 Å². The third-order valence-electron chi connectivity index (χ3n) is 2.98. The lowest BCUT2D eigenvalue weighted by Crippen LogP contribution is -1.93. The molecule has 0 atom stereocenters. The molecule has 0 spiro atoms. The van der Waals surface area contributed by atoms with Crippen molar-refractivity contribution in [1.82, 2.24) is 15.1 Å². The third kappa shape index (κ3) is 2.41. The zero-order valence-corrected chi connectivity index (χ0v) is 11.8. The zero-order chi connectivity index (χ0) is 14.8. The predicted octanol–water partition coefficient (Wildman–Crippen LogP) is 3.04. The standard InChI is InChI=1S/C14H11ClN4O2/c1-20-11-3-2-9(15)4-10(11)12-13(19-21-14(12)16)8-5-17-7-18-6-8/h2-7H,16H2,1H3. The number of benzene rings is 1. The molecule has 1 aromatic carbocycles. The summed E-state index contributed by atoms with van der Waals surface area (Å²) >= 11 is 6.07. The van der Waals surface area contributed by atoms with Crippen molar-refractivity contribution in [1.29, 1.82) is 0 Å². The van der Waals surface area contributed by atoms with Crippen molar-refractivity contribution in [3.05, 3.63) is 41.9 Å². The number of ether oxygens (including phenoxy) is 1. The number of rotatable bonds is 3. The van der Waals surface area contributed by atoms with Crippen LogP contribution >= 0.6 is 11.6 Å². The summed E-state index contributed by atoms with van der Waals surface area (Å²) in [4.78, 5) is 7.95. The van der Waals surface area contributed by atoms with E-state index < -0.39 is 0 Å². The molecule has 0 radical (unpaired) electrons. The molecule has 3 aromatic rings. The van der Waals surface area contributed by atoms with Gasteiger partial charge in [0.25, 0.3) is 0 Å². The van der Waals surface area contributed by atoms with E-state index in [4.69, 9.17) is 26.6 Å². The minimum atomic E-state index is 0.175. The van der Waals surface area contributed by atoms with Gasteiger partial charge in [0.15, 0.2) is 0 Å². The summed E-state index contributed by atoms with van der Waals surface area (Å²) in [6.45, 7) is 0. The van der Waals surface area contributed by atoms with Crippen LogP contribution in [-0.2, 0) is 0 Å². The van der Waals surface area contributed by atoms with Gasteiger partial charge < -0.3 is 15.0 Å². The Balaban J connectivity index is 2.24. The predicted molar refractivity (Wildman–Crippen MR) is 78.9 cm³/mol. The molecule has 2 aromatic heterocycles. The summed E-state index contributed by atoms with van der Waals surface area (Å²) in [6, 6.07) is 5.24. The van der Waals surface area contributed by atoms with Crippen LogP contribution < -0.4 is 10.5 Å². The number of anilines is 1. The second-order valence-corrected chi connectivity index (χ2v) is 4.68. The average Bonchev–Trinajstić information content (AvgIpc) is 2.89. The van der Waals surface area contributed by atoms with Crippen molar-refractivity contribution in [3.63, 3.8) is 0 Å². The second-order valence-electron chi connectivity index (χ2n) is 4.24. The van der Waals surface area contributed by atoms with Gasteiger partial charge in [-0.25, -0.2) is 9.97 Å². The van der Waals surface area contributed by atoms with E-state index in [1.165, 1.54) is 6.33 Å². The van der Waals surface area contributed by atoms with Crippen LogP contribution in [0, 0.1) is 0 Å². The Morgan fingerprint density at radius 1 is 1.24 bits per heavy atom. The van der Waals surface area contributed by atoms with Crippen molar-refractivity contribution >= 4 is 17.5 Å². The lowest BCUT2D eigenvalue weighted by Gasteiger charge is -2.09. The van der Waals surface area contributed by atoms with Gasteiger partial charge in [0.05, 0.1) is 12.7 Å². The molecular weight excluding hydrogens is 292 g/mol. The minimum absolute atomic E-state index is 0.175. The van der Waals surface area contributed by atoms with Crippen LogP contribution in [0.1, 0.15) is 0 Å². The largest absolute Gasteiger partial charge is 0.496 e. The number of nitrogens with two attached hydrogens (primary N) is 1. The van der Waals surface area contributed by atoms with Crippen LogP contribution in [0.3, 0.4) is 0 Å². The van der Waals surface area contributed by atoms with Crippen LogP contribution in [0.15, 0.2) is 41.4 Å². The van der Waals surface area contributed by atoms with Crippen molar-refractivity contribution in [2.24, 2.45) is 0 Å². The summed E-state index contributed by atoms with van der Waals surface area (Å²) < 4.78 is 10.5. The van der Waals surface area contributed by atoms with E-state index in [2.05, 4.69) is 15.1 Å². The molecule has 0 saturated carbocycles. The first-order valence-electron chi connectivity index (χ1n) is 6.05. The highest BCUT2D eigenvalue weighted by Crippen LogP contribution is 2.41. The molecule has 21 heavy (non-hydrogen) atoms. The fraction of sp³-hybridized carbons (Fsp3) is 0.0714. The molecule has 7 heteroatoms. The number of halogens is 1. The van der Waals surface area contributed by atoms with Gasteiger partial charge in [0.1, 0.15) is 17.8 Å². The number of nitrogens with zero attached hydrogens (tertiary/aromatic N) is 3. The fourth-order valence-electron chi connectivity index (χ4n) is 2.06. The van der Waals surface area contributed by atoms with E-state index in [-0.39, 0.29) is 5.88 Å². The smallest absolute Gasteiger partial charge is 0.230 e. The summed E-state index contributed by atoms with van der Waals surface area (Å²) in [5, 5.41) is 4.55. The monoisotopic (exact) mass is 302 g/mol. The molecule has 0 aliphatic heterocycles. The van der Waals surface area contributed by atoms with Gasteiger partial charge in [-0.05, 0) is 18.2 Å². The van der Waals surface area contributed by atoms with Crippen LogP contribution in [0.2, 0.25) is 5.02 Å². The molecule has 0 aliphatic rings. The minimum Gasteiger partial charge on any atom is -0.496 e. The van der Waals surface area contributed by atoms with E-state index in [0.29, 0.717) is 33.2 Å². The summed E-state index contributed by atoms with van der Waals surface area (Å²) in [5.74, 6) is 0.793. The van der Waals surface area contributed by atoms with E-state index >= 15 is 0 Å². The average molecular weight is 303 g/mol. The van der Waals surface area contributed by atoms with Gasteiger partial charge in [0.2, 0.25) is 5.88 Å². The molecular formula is C14H11ClN4O2. The maximum Gasteiger partial charge on any atom is 0.230 e. The lowest BCUT2D eigenvalue weighted by molar-refractivity contribution is 0.416. The van der Waals surface area contributed by atoms with Crippen LogP contribution in [0.5, 0.6) is 5.75 Å². The molecule has 2 heterocycles. The summed E-state index contributed by atoms with van der Waals surface area (Å²) in [6.07, 6.45) is 4.70. The maximum absolute atomic E-state index is 6.07. The number of nitrogen functional groups attached to an aromatic ring is 1. The van der Waals surface area contributed by atoms with E-state index in [1.807, 2.05) is 0 Å². The summed E-state index contributed by atoms with van der Waals surface area (Å²) in [7, 11) is 1.57.